The minimum atomic E-state index is -1.19. The van der Waals surface area contributed by atoms with Crippen molar-refractivity contribution in [3.63, 3.8) is 0 Å². The highest BCUT2D eigenvalue weighted by Gasteiger charge is 2.13. The van der Waals surface area contributed by atoms with E-state index in [4.69, 9.17) is 10.2 Å². The third kappa shape index (κ3) is 3.59. The predicted octanol–water partition coefficient (Wildman–Crippen LogP) is 1.71. The van der Waals surface area contributed by atoms with Gasteiger partial charge in [0.1, 0.15) is 0 Å². The molecule has 74 valence electrons. The molecule has 0 spiro atoms. The first-order chi connectivity index (χ1) is 6.20. The second-order valence-electron chi connectivity index (χ2n) is 3.50. The van der Waals surface area contributed by atoms with Crippen LogP contribution in [0.15, 0.2) is 11.6 Å². The van der Waals surface area contributed by atoms with E-state index in [0.717, 1.165) is 19.3 Å². The Morgan fingerprint density at radius 3 is 2.85 bits per heavy atom. The van der Waals surface area contributed by atoms with Crippen molar-refractivity contribution >= 4 is 5.97 Å². The van der Waals surface area contributed by atoms with Gasteiger partial charge in [-0.3, -0.25) is 0 Å². The van der Waals surface area contributed by atoms with Gasteiger partial charge < -0.3 is 10.2 Å². The van der Waals surface area contributed by atoms with Gasteiger partial charge in [-0.25, -0.2) is 4.79 Å². The van der Waals surface area contributed by atoms with E-state index in [1.165, 1.54) is 18.4 Å². The molecule has 1 atom stereocenters. The van der Waals surface area contributed by atoms with E-state index >= 15 is 0 Å². The normalized spacial score (nSPS) is 19.3. The summed E-state index contributed by atoms with van der Waals surface area (Å²) in [5, 5.41) is 17.5. The van der Waals surface area contributed by atoms with Crippen molar-refractivity contribution in [2.45, 2.75) is 44.6 Å². The number of hydrogen-bond donors (Lipinski definition) is 2. The number of hydrogen-bond acceptors (Lipinski definition) is 2. The first-order valence-corrected chi connectivity index (χ1v) is 4.79. The Labute approximate surface area is 78.1 Å². The number of carboxylic acid groups (broad SMARTS) is 1. The highest BCUT2D eigenvalue weighted by atomic mass is 16.4. The summed E-state index contributed by atoms with van der Waals surface area (Å²) in [4.78, 5) is 10.3. The van der Waals surface area contributed by atoms with Crippen molar-refractivity contribution in [1.82, 2.24) is 0 Å². The third-order valence-corrected chi connectivity index (χ3v) is 2.41. The molecule has 1 aliphatic rings. The molecule has 13 heavy (non-hydrogen) atoms. The molecule has 0 aromatic rings. The van der Waals surface area contributed by atoms with Crippen LogP contribution in [0.1, 0.15) is 38.5 Å². The zero-order chi connectivity index (χ0) is 9.68. The molecule has 0 heterocycles. The molecule has 0 fully saturated rings. The van der Waals surface area contributed by atoms with Gasteiger partial charge in [-0.05, 0) is 38.5 Å². The maximum absolute atomic E-state index is 10.3. The average molecular weight is 184 g/mol. The lowest BCUT2D eigenvalue weighted by Gasteiger charge is -2.13. The van der Waals surface area contributed by atoms with Crippen LogP contribution in [-0.4, -0.2) is 22.3 Å². The van der Waals surface area contributed by atoms with Crippen LogP contribution in [0, 0.1) is 0 Å². The molecule has 3 nitrogen and oxygen atoms in total. The zero-order valence-electron chi connectivity index (χ0n) is 7.70. The fourth-order valence-corrected chi connectivity index (χ4v) is 1.58. The van der Waals surface area contributed by atoms with Crippen LogP contribution in [0.2, 0.25) is 0 Å². The first kappa shape index (κ1) is 10.3. The van der Waals surface area contributed by atoms with Crippen LogP contribution in [0.3, 0.4) is 0 Å². The van der Waals surface area contributed by atoms with E-state index in [1.54, 1.807) is 0 Å². The van der Waals surface area contributed by atoms with Crippen molar-refractivity contribution in [3.05, 3.63) is 11.6 Å². The predicted molar refractivity (Wildman–Crippen MR) is 49.4 cm³/mol. The Hall–Kier alpha value is -0.830. The van der Waals surface area contributed by atoms with Crippen molar-refractivity contribution in [1.29, 1.82) is 0 Å². The van der Waals surface area contributed by atoms with E-state index in [-0.39, 0.29) is 0 Å². The maximum atomic E-state index is 10.3. The van der Waals surface area contributed by atoms with E-state index in [1.807, 2.05) is 0 Å². The lowest BCUT2D eigenvalue weighted by molar-refractivity contribution is -0.146. The van der Waals surface area contributed by atoms with Crippen LogP contribution < -0.4 is 0 Å². The highest BCUT2D eigenvalue weighted by molar-refractivity contribution is 5.71. The Morgan fingerprint density at radius 1 is 1.54 bits per heavy atom. The summed E-state index contributed by atoms with van der Waals surface area (Å²) < 4.78 is 0. The van der Waals surface area contributed by atoms with Crippen LogP contribution >= 0.6 is 0 Å². The number of aliphatic carboxylic acids is 1. The summed E-state index contributed by atoms with van der Waals surface area (Å²) in [5.74, 6) is -1.11. The van der Waals surface area contributed by atoms with Gasteiger partial charge in [-0.1, -0.05) is 11.6 Å². The SMILES string of the molecule is O=C(O)[C@H](O)CCC1=CCCCC1. The highest BCUT2D eigenvalue weighted by Crippen LogP contribution is 2.21. The third-order valence-electron chi connectivity index (χ3n) is 2.41. The van der Waals surface area contributed by atoms with Gasteiger partial charge in [-0.15, -0.1) is 0 Å². The molecule has 0 radical (unpaired) electrons. The Balaban J connectivity index is 2.25. The fourth-order valence-electron chi connectivity index (χ4n) is 1.58. The van der Waals surface area contributed by atoms with Crippen molar-refractivity contribution < 1.29 is 15.0 Å². The molecule has 3 heteroatoms. The topological polar surface area (TPSA) is 57.5 Å². The molecule has 0 amide bonds. The number of carbonyl (C=O) groups is 1. The molecular formula is C10H16O3. The second kappa shape index (κ2) is 5.02. The van der Waals surface area contributed by atoms with E-state index in [9.17, 15) is 4.79 Å². The fraction of sp³-hybridized carbons (Fsp3) is 0.700. The lowest BCUT2D eigenvalue weighted by atomic mass is 9.95. The Bertz CT molecular complexity index is 208. The van der Waals surface area contributed by atoms with Crippen LogP contribution in [-0.2, 0) is 4.79 Å². The molecule has 0 aliphatic heterocycles. The minimum Gasteiger partial charge on any atom is -0.479 e. The van der Waals surface area contributed by atoms with Gasteiger partial charge in [-0.2, -0.15) is 0 Å². The van der Waals surface area contributed by atoms with Crippen molar-refractivity contribution in [3.8, 4) is 0 Å². The molecule has 0 saturated heterocycles. The van der Waals surface area contributed by atoms with Gasteiger partial charge in [0, 0.05) is 0 Å². The molecule has 2 N–H and O–H groups in total. The van der Waals surface area contributed by atoms with Gasteiger partial charge in [0.2, 0.25) is 0 Å². The van der Waals surface area contributed by atoms with Crippen LogP contribution in [0.25, 0.3) is 0 Å². The summed E-state index contributed by atoms with van der Waals surface area (Å²) >= 11 is 0. The number of carboxylic acids is 1. The van der Waals surface area contributed by atoms with Gasteiger partial charge in [0.05, 0.1) is 0 Å². The molecule has 0 aromatic heterocycles. The van der Waals surface area contributed by atoms with E-state index < -0.39 is 12.1 Å². The molecule has 0 saturated carbocycles. The largest absolute Gasteiger partial charge is 0.479 e. The molecule has 0 unspecified atom stereocenters. The molecule has 0 aromatic carbocycles. The smallest absolute Gasteiger partial charge is 0.332 e. The summed E-state index contributed by atoms with van der Waals surface area (Å²) in [6, 6.07) is 0. The van der Waals surface area contributed by atoms with E-state index in [0.29, 0.717) is 6.42 Å². The van der Waals surface area contributed by atoms with Crippen LogP contribution in [0.4, 0.5) is 0 Å². The number of aliphatic hydroxyl groups excluding tert-OH is 1. The molecule has 0 bridgehead atoms. The first-order valence-electron chi connectivity index (χ1n) is 4.79. The average Bonchev–Trinajstić information content (AvgIpc) is 2.15. The van der Waals surface area contributed by atoms with Gasteiger partial charge in [0.25, 0.3) is 0 Å². The number of allylic oxidation sites excluding steroid dienone is 2. The second-order valence-corrected chi connectivity index (χ2v) is 3.50. The quantitative estimate of drug-likeness (QED) is 0.654. The van der Waals surface area contributed by atoms with Gasteiger partial charge in [0.15, 0.2) is 6.10 Å². The monoisotopic (exact) mass is 184 g/mol. The van der Waals surface area contributed by atoms with E-state index in [2.05, 4.69) is 6.08 Å². The summed E-state index contributed by atoms with van der Waals surface area (Å²) in [6.45, 7) is 0. The molecular weight excluding hydrogens is 168 g/mol. The summed E-state index contributed by atoms with van der Waals surface area (Å²) in [6.07, 6.45) is 6.69. The minimum absolute atomic E-state index is 0.348. The lowest BCUT2D eigenvalue weighted by Crippen LogP contribution is -2.19. The number of aliphatic hydroxyl groups is 1. The Kier molecular flexibility index (Phi) is 3.96. The maximum Gasteiger partial charge on any atom is 0.332 e. The molecule has 1 rings (SSSR count). The van der Waals surface area contributed by atoms with Crippen molar-refractivity contribution in [2.24, 2.45) is 0 Å². The zero-order valence-corrected chi connectivity index (χ0v) is 7.70. The van der Waals surface area contributed by atoms with Crippen LogP contribution in [0.5, 0.6) is 0 Å². The van der Waals surface area contributed by atoms with Gasteiger partial charge >= 0.3 is 5.97 Å². The standard InChI is InChI=1S/C10H16O3/c11-9(10(12)13)7-6-8-4-2-1-3-5-8/h4,9,11H,1-3,5-7H2,(H,12,13)/t9-/m1/s1. The number of rotatable bonds is 4. The summed E-state index contributed by atoms with van der Waals surface area (Å²) in [5.41, 5.74) is 1.31. The van der Waals surface area contributed by atoms with Crippen molar-refractivity contribution in [2.75, 3.05) is 0 Å². The Morgan fingerprint density at radius 2 is 2.31 bits per heavy atom. The molecule has 1 aliphatic carbocycles. The summed E-state index contributed by atoms with van der Waals surface area (Å²) in [7, 11) is 0.